The maximum atomic E-state index is 11.2. The summed E-state index contributed by atoms with van der Waals surface area (Å²) >= 11 is 0. The highest BCUT2D eigenvalue weighted by Gasteiger charge is 2.28. The third kappa shape index (κ3) is 9.49. The zero-order chi connectivity index (χ0) is 14.4. The monoisotopic (exact) mass is 256 g/mol. The first-order valence-corrected chi connectivity index (χ1v) is 7.23. The largest absolute Gasteiger partial charge is 0.463 e. The number of carbonyl (C=O) groups is 1. The molecule has 2 nitrogen and oxygen atoms in total. The molecule has 0 aromatic carbocycles. The first kappa shape index (κ1) is 17.5. The van der Waals surface area contributed by atoms with Crippen LogP contribution in [0.4, 0.5) is 0 Å². The molecule has 0 aliphatic heterocycles. The number of ether oxygens (including phenoxy) is 1. The van der Waals surface area contributed by atoms with E-state index in [9.17, 15) is 4.79 Å². The third-order valence-electron chi connectivity index (χ3n) is 3.16. The molecule has 0 aromatic heterocycles. The summed E-state index contributed by atoms with van der Waals surface area (Å²) in [5.41, 5.74) is 0.447. The summed E-state index contributed by atoms with van der Waals surface area (Å²) in [5.74, 6) is -0.157. The van der Waals surface area contributed by atoms with Crippen LogP contribution in [0.25, 0.3) is 0 Å². The molecule has 0 aromatic rings. The molecule has 0 saturated carbocycles. The van der Waals surface area contributed by atoms with E-state index in [1.165, 1.54) is 26.2 Å². The lowest BCUT2D eigenvalue weighted by Crippen LogP contribution is -2.28. The van der Waals surface area contributed by atoms with Crippen molar-refractivity contribution in [2.45, 2.75) is 86.7 Å². The zero-order valence-electron chi connectivity index (χ0n) is 13.4. The first-order chi connectivity index (χ1) is 8.06. The van der Waals surface area contributed by atoms with Crippen LogP contribution in [0.3, 0.4) is 0 Å². The summed E-state index contributed by atoms with van der Waals surface area (Å²) in [6.45, 7) is 14.9. The van der Waals surface area contributed by atoms with Gasteiger partial charge in [-0.1, -0.05) is 54.4 Å². The fraction of sp³-hybridized carbons (Fsp3) is 0.938. The Labute approximate surface area is 113 Å². The fourth-order valence-electron chi connectivity index (χ4n) is 2.45. The molecule has 0 aliphatic rings. The molecule has 0 heterocycles. The zero-order valence-corrected chi connectivity index (χ0v) is 13.4. The van der Waals surface area contributed by atoms with Gasteiger partial charge in [0.15, 0.2) is 0 Å². The normalized spacial score (nSPS) is 14.4. The van der Waals surface area contributed by atoms with Gasteiger partial charge in [-0.3, -0.25) is 4.79 Å². The van der Waals surface area contributed by atoms with E-state index in [2.05, 4.69) is 41.5 Å². The smallest absolute Gasteiger partial charge is 0.302 e. The second kappa shape index (κ2) is 7.16. The summed E-state index contributed by atoms with van der Waals surface area (Å²) in [6, 6.07) is 0. The van der Waals surface area contributed by atoms with Crippen molar-refractivity contribution in [1.82, 2.24) is 0 Å². The predicted octanol–water partition coefficient (Wildman–Crippen LogP) is 4.96. The molecule has 0 N–H and O–H groups in total. The van der Waals surface area contributed by atoms with Crippen molar-refractivity contribution in [3.05, 3.63) is 0 Å². The van der Waals surface area contributed by atoms with Crippen molar-refractivity contribution in [3.8, 4) is 0 Å². The lowest BCUT2D eigenvalue weighted by molar-refractivity contribution is -0.149. The van der Waals surface area contributed by atoms with Gasteiger partial charge in [0.2, 0.25) is 0 Å². The minimum Gasteiger partial charge on any atom is -0.463 e. The highest BCUT2D eigenvalue weighted by Crippen LogP contribution is 2.34. The van der Waals surface area contributed by atoms with Crippen LogP contribution in [-0.4, -0.2) is 12.1 Å². The second-order valence-electron chi connectivity index (χ2n) is 7.47. The second-order valence-corrected chi connectivity index (χ2v) is 7.47. The van der Waals surface area contributed by atoms with Crippen LogP contribution in [-0.2, 0) is 9.53 Å². The average Bonchev–Trinajstić information content (AvgIpc) is 2.09. The van der Waals surface area contributed by atoms with Gasteiger partial charge in [0, 0.05) is 6.92 Å². The van der Waals surface area contributed by atoms with E-state index in [1.807, 2.05) is 0 Å². The predicted molar refractivity (Wildman–Crippen MR) is 77.5 cm³/mol. The van der Waals surface area contributed by atoms with Crippen molar-refractivity contribution in [2.24, 2.45) is 10.8 Å². The van der Waals surface area contributed by atoms with Crippen molar-refractivity contribution in [1.29, 1.82) is 0 Å². The summed E-state index contributed by atoms with van der Waals surface area (Å²) in [4.78, 5) is 11.2. The number of hydrogen-bond acceptors (Lipinski definition) is 2. The standard InChI is InChI=1S/C16H32O2/c1-8-9-10-16(6,7)12-14(18-13(2)17)11-15(3,4)5/h14H,8-12H2,1-7H3. The molecule has 0 aliphatic carbocycles. The van der Waals surface area contributed by atoms with Crippen LogP contribution in [0.5, 0.6) is 0 Å². The number of hydrogen-bond donors (Lipinski definition) is 0. The van der Waals surface area contributed by atoms with Gasteiger partial charge in [-0.15, -0.1) is 0 Å². The van der Waals surface area contributed by atoms with Crippen LogP contribution < -0.4 is 0 Å². The Balaban J connectivity index is 4.51. The molecule has 108 valence electrons. The molecular weight excluding hydrogens is 224 g/mol. The summed E-state index contributed by atoms with van der Waals surface area (Å²) in [5, 5.41) is 0. The molecule has 18 heavy (non-hydrogen) atoms. The van der Waals surface area contributed by atoms with Gasteiger partial charge in [-0.25, -0.2) is 0 Å². The number of carbonyl (C=O) groups excluding carboxylic acids is 1. The van der Waals surface area contributed by atoms with Crippen molar-refractivity contribution < 1.29 is 9.53 Å². The van der Waals surface area contributed by atoms with Crippen molar-refractivity contribution >= 4 is 5.97 Å². The van der Waals surface area contributed by atoms with Crippen LogP contribution in [0.2, 0.25) is 0 Å². The Morgan fingerprint density at radius 2 is 1.67 bits per heavy atom. The third-order valence-corrected chi connectivity index (χ3v) is 3.16. The minimum absolute atomic E-state index is 0.0503. The number of esters is 1. The van der Waals surface area contributed by atoms with Gasteiger partial charge in [0.1, 0.15) is 6.10 Å². The van der Waals surface area contributed by atoms with Gasteiger partial charge in [0.05, 0.1) is 0 Å². The number of unbranched alkanes of at least 4 members (excludes halogenated alkanes) is 1. The molecule has 2 heteroatoms. The van der Waals surface area contributed by atoms with Crippen molar-refractivity contribution in [2.75, 3.05) is 0 Å². The molecular formula is C16H32O2. The summed E-state index contributed by atoms with van der Waals surface area (Å²) in [7, 11) is 0. The Bertz CT molecular complexity index is 248. The lowest BCUT2D eigenvalue weighted by Gasteiger charge is -2.32. The summed E-state index contributed by atoms with van der Waals surface area (Å²) in [6.07, 6.45) is 5.61. The van der Waals surface area contributed by atoms with E-state index in [0.717, 1.165) is 12.8 Å². The van der Waals surface area contributed by atoms with Gasteiger partial charge in [-0.05, 0) is 30.1 Å². The molecule has 0 radical (unpaired) electrons. The molecule has 0 rings (SSSR count). The topological polar surface area (TPSA) is 26.3 Å². The number of rotatable bonds is 7. The Hall–Kier alpha value is -0.530. The highest BCUT2D eigenvalue weighted by atomic mass is 16.5. The lowest BCUT2D eigenvalue weighted by atomic mass is 9.78. The van der Waals surface area contributed by atoms with E-state index in [4.69, 9.17) is 4.74 Å². The van der Waals surface area contributed by atoms with Gasteiger partial charge < -0.3 is 4.74 Å². The maximum Gasteiger partial charge on any atom is 0.302 e. The van der Waals surface area contributed by atoms with Crippen LogP contribution in [0.15, 0.2) is 0 Å². The minimum atomic E-state index is -0.157. The Morgan fingerprint density at radius 1 is 1.11 bits per heavy atom. The first-order valence-electron chi connectivity index (χ1n) is 7.23. The average molecular weight is 256 g/mol. The molecule has 0 amide bonds. The van der Waals surface area contributed by atoms with Gasteiger partial charge in [0.25, 0.3) is 0 Å². The highest BCUT2D eigenvalue weighted by molar-refractivity contribution is 5.66. The molecule has 0 fully saturated rings. The quantitative estimate of drug-likeness (QED) is 0.602. The SMILES string of the molecule is CCCCC(C)(C)CC(CC(C)(C)C)OC(C)=O. The van der Waals surface area contributed by atoms with Gasteiger partial charge in [-0.2, -0.15) is 0 Å². The van der Waals surface area contributed by atoms with Crippen molar-refractivity contribution in [3.63, 3.8) is 0 Å². The van der Waals surface area contributed by atoms with E-state index in [-0.39, 0.29) is 22.9 Å². The molecule has 0 spiro atoms. The fourth-order valence-corrected chi connectivity index (χ4v) is 2.45. The Kier molecular flexibility index (Phi) is 6.94. The summed E-state index contributed by atoms with van der Waals surface area (Å²) < 4.78 is 5.50. The maximum absolute atomic E-state index is 11.2. The molecule has 0 saturated heterocycles. The van der Waals surface area contributed by atoms with E-state index in [1.54, 1.807) is 0 Å². The van der Waals surface area contributed by atoms with Gasteiger partial charge >= 0.3 is 5.97 Å². The van der Waals surface area contributed by atoms with Crippen LogP contribution in [0.1, 0.15) is 80.6 Å². The van der Waals surface area contributed by atoms with E-state index in [0.29, 0.717) is 0 Å². The molecule has 1 unspecified atom stereocenters. The molecule has 1 atom stereocenters. The van der Waals surface area contributed by atoms with Crippen LogP contribution in [0, 0.1) is 10.8 Å². The molecule has 0 bridgehead atoms. The Morgan fingerprint density at radius 3 is 2.06 bits per heavy atom. The van der Waals surface area contributed by atoms with E-state index >= 15 is 0 Å². The van der Waals surface area contributed by atoms with Crippen LogP contribution >= 0.6 is 0 Å². The van der Waals surface area contributed by atoms with E-state index < -0.39 is 0 Å².